The normalized spacial score (nSPS) is 10.8. The molecule has 0 saturated carbocycles. The molecule has 2 rings (SSSR count). The standard InChI is InChI=1S/C16H20N2O2S2/c17-7-5-11-1-3-13(19)15(9-11)21-22-16-10-12(6-8-18)2-4-14(16)20/h1-4,9-10,19-20H,5-8,17-18H2. The van der Waals surface area contributed by atoms with Gasteiger partial charge in [-0.2, -0.15) is 0 Å². The lowest BCUT2D eigenvalue weighted by molar-refractivity contribution is 0.461. The summed E-state index contributed by atoms with van der Waals surface area (Å²) in [4.78, 5) is 1.53. The first-order valence-corrected chi connectivity index (χ1v) is 9.17. The number of aromatic hydroxyl groups is 2. The fraction of sp³-hybridized carbons (Fsp3) is 0.250. The van der Waals surface area contributed by atoms with Crippen molar-refractivity contribution in [2.75, 3.05) is 13.1 Å². The summed E-state index contributed by atoms with van der Waals surface area (Å²) in [7, 11) is 2.83. The van der Waals surface area contributed by atoms with Gasteiger partial charge in [-0.1, -0.05) is 12.1 Å². The second-order valence-corrected chi connectivity index (χ2v) is 7.06. The molecule has 6 heteroatoms. The molecule has 0 aliphatic heterocycles. The third kappa shape index (κ3) is 4.58. The summed E-state index contributed by atoms with van der Waals surface area (Å²) in [5.74, 6) is 0.465. The van der Waals surface area contributed by atoms with Crippen LogP contribution in [0.1, 0.15) is 11.1 Å². The molecule has 0 aliphatic carbocycles. The SMILES string of the molecule is NCCc1ccc(O)c(SSc2cc(CCN)ccc2O)c1. The van der Waals surface area contributed by atoms with Gasteiger partial charge in [-0.25, -0.2) is 0 Å². The van der Waals surface area contributed by atoms with Crippen LogP contribution >= 0.6 is 21.6 Å². The summed E-state index contributed by atoms with van der Waals surface area (Å²) in [5, 5.41) is 19.9. The van der Waals surface area contributed by atoms with E-state index >= 15 is 0 Å². The lowest BCUT2D eigenvalue weighted by atomic mass is 10.1. The Kier molecular flexibility index (Phi) is 6.45. The van der Waals surface area contributed by atoms with Crippen molar-refractivity contribution in [3.8, 4) is 11.5 Å². The van der Waals surface area contributed by atoms with Crippen LogP contribution in [0.15, 0.2) is 46.2 Å². The highest BCUT2D eigenvalue weighted by Crippen LogP contribution is 2.44. The van der Waals surface area contributed by atoms with Gasteiger partial charge in [0.2, 0.25) is 0 Å². The van der Waals surface area contributed by atoms with Crippen LogP contribution in [0.2, 0.25) is 0 Å². The number of hydrogen-bond acceptors (Lipinski definition) is 6. The summed E-state index contributed by atoms with van der Waals surface area (Å²) < 4.78 is 0. The number of hydrogen-bond donors (Lipinski definition) is 4. The number of nitrogens with two attached hydrogens (primary N) is 2. The quantitative estimate of drug-likeness (QED) is 0.581. The highest BCUT2D eigenvalue weighted by molar-refractivity contribution is 8.76. The predicted octanol–water partition coefficient (Wildman–Crippen LogP) is 2.90. The summed E-state index contributed by atoms with van der Waals surface area (Å²) >= 11 is 0. The van der Waals surface area contributed by atoms with E-state index in [-0.39, 0.29) is 11.5 Å². The van der Waals surface area contributed by atoms with Gasteiger partial charge in [-0.3, -0.25) is 0 Å². The van der Waals surface area contributed by atoms with E-state index in [0.717, 1.165) is 33.8 Å². The Morgan fingerprint density at radius 1 is 0.727 bits per heavy atom. The van der Waals surface area contributed by atoms with E-state index in [2.05, 4.69) is 0 Å². The molecule has 2 aromatic rings. The molecule has 0 fully saturated rings. The van der Waals surface area contributed by atoms with Crippen LogP contribution in [0.4, 0.5) is 0 Å². The Morgan fingerprint density at radius 3 is 1.50 bits per heavy atom. The molecule has 0 aliphatic rings. The molecule has 0 saturated heterocycles. The highest BCUT2D eigenvalue weighted by Gasteiger charge is 2.08. The van der Waals surface area contributed by atoms with Crippen molar-refractivity contribution in [3.63, 3.8) is 0 Å². The fourth-order valence-electron chi connectivity index (χ4n) is 1.98. The Bertz CT molecular complexity index is 580. The molecule has 0 radical (unpaired) electrons. The maximum Gasteiger partial charge on any atom is 0.130 e. The van der Waals surface area contributed by atoms with E-state index in [9.17, 15) is 10.2 Å². The monoisotopic (exact) mass is 336 g/mol. The van der Waals surface area contributed by atoms with Crippen molar-refractivity contribution in [1.29, 1.82) is 0 Å². The average molecular weight is 336 g/mol. The van der Waals surface area contributed by atoms with E-state index in [1.165, 1.54) is 21.6 Å². The van der Waals surface area contributed by atoms with Crippen LogP contribution < -0.4 is 11.5 Å². The molecule has 118 valence electrons. The molecule has 0 amide bonds. The summed E-state index contributed by atoms with van der Waals surface area (Å²) in [6.07, 6.45) is 1.55. The second kappa shape index (κ2) is 8.33. The maximum atomic E-state index is 9.94. The van der Waals surface area contributed by atoms with Crippen molar-refractivity contribution in [1.82, 2.24) is 0 Å². The van der Waals surface area contributed by atoms with Crippen LogP contribution in [0.5, 0.6) is 11.5 Å². The molecule has 6 N–H and O–H groups in total. The van der Waals surface area contributed by atoms with Crippen LogP contribution in [-0.2, 0) is 12.8 Å². The number of rotatable bonds is 7. The third-order valence-electron chi connectivity index (χ3n) is 3.14. The Hall–Kier alpha value is -1.34. The summed E-state index contributed by atoms with van der Waals surface area (Å²) in [6.45, 7) is 1.15. The average Bonchev–Trinajstić information content (AvgIpc) is 2.51. The van der Waals surface area contributed by atoms with Crippen LogP contribution in [0, 0.1) is 0 Å². The first-order chi connectivity index (χ1) is 10.6. The van der Waals surface area contributed by atoms with Gasteiger partial charge in [0.05, 0.1) is 9.79 Å². The van der Waals surface area contributed by atoms with Gasteiger partial charge in [0.1, 0.15) is 11.5 Å². The minimum absolute atomic E-state index is 0.232. The minimum atomic E-state index is 0.232. The molecule has 0 atom stereocenters. The first-order valence-electron chi connectivity index (χ1n) is 7.02. The lowest BCUT2D eigenvalue weighted by Crippen LogP contribution is -2.02. The Morgan fingerprint density at radius 2 is 1.14 bits per heavy atom. The zero-order valence-electron chi connectivity index (χ0n) is 12.2. The van der Waals surface area contributed by atoms with Gasteiger partial charge in [-0.15, -0.1) is 0 Å². The van der Waals surface area contributed by atoms with E-state index in [1.807, 2.05) is 24.3 Å². The fourth-order valence-corrected chi connectivity index (χ4v) is 4.21. The van der Waals surface area contributed by atoms with Gasteiger partial charge in [-0.05, 0) is 82.9 Å². The molecule has 22 heavy (non-hydrogen) atoms. The topological polar surface area (TPSA) is 92.5 Å². The molecule has 0 heterocycles. The van der Waals surface area contributed by atoms with Gasteiger partial charge in [0.25, 0.3) is 0 Å². The molecule has 0 aromatic heterocycles. The molecule has 4 nitrogen and oxygen atoms in total. The smallest absolute Gasteiger partial charge is 0.130 e. The van der Waals surface area contributed by atoms with Gasteiger partial charge in [0, 0.05) is 0 Å². The first kappa shape index (κ1) is 17.0. The number of phenolic OH excluding ortho intramolecular Hbond substituents is 2. The van der Waals surface area contributed by atoms with Crippen LogP contribution in [-0.4, -0.2) is 23.3 Å². The molecule has 2 aromatic carbocycles. The Balaban J connectivity index is 2.12. The number of phenols is 2. The lowest BCUT2D eigenvalue weighted by Gasteiger charge is -2.09. The van der Waals surface area contributed by atoms with Crippen molar-refractivity contribution in [2.45, 2.75) is 22.6 Å². The highest BCUT2D eigenvalue weighted by atomic mass is 33.1. The summed E-state index contributed by atoms with van der Waals surface area (Å²) in [5.41, 5.74) is 13.3. The largest absolute Gasteiger partial charge is 0.507 e. The van der Waals surface area contributed by atoms with Crippen molar-refractivity contribution in [2.24, 2.45) is 11.5 Å². The van der Waals surface area contributed by atoms with Crippen molar-refractivity contribution >= 4 is 21.6 Å². The predicted molar refractivity (Wildman–Crippen MR) is 93.4 cm³/mol. The number of benzene rings is 2. The van der Waals surface area contributed by atoms with E-state index in [1.54, 1.807) is 12.1 Å². The zero-order chi connectivity index (χ0) is 15.9. The third-order valence-corrected chi connectivity index (χ3v) is 5.56. The van der Waals surface area contributed by atoms with E-state index in [4.69, 9.17) is 11.5 Å². The van der Waals surface area contributed by atoms with Gasteiger partial charge in [0.15, 0.2) is 0 Å². The summed E-state index contributed by atoms with van der Waals surface area (Å²) in [6, 6.07) is 11.0. The maximum absolute atomic E-state index is 9.94. The van der Waals surface area contributed by atoms with Crippen LogP contribution in [0.25, 0.3) is 0 Å². The molecule has 0 unspecified atom stereocenters. The molecule has 0 spiro atoms. The van der Waals surface area contributed by atoms with E-state index < -0.39 is 0 Å². The van der Waals surface area contributed by atoms with Crippen molar-refractivity contribution < 1.29 is 10.2 Å². The second-order valence-electron chi connectivity index (χ2n) is 4.85. The minimum Gasteiger partial charge on any atom is -0.507 e. The molecular formula is C16H20N2O2S2. The zero-order valence-corrected chi connectivity index (χ0v) is 13.8. The molecular weight excluding hydrogens is 316 g/mol. The van der Waals surface area contributed by atoms with E-state index in [0.29, 0.717) is 13.1 Å². The van der Waals surface area contributed by atoms with Crippen LogP contribution in [0.3, 0.4) is 0 Å². The van der Waals surface area contributed by atoms with Crippen molar-refractivity contribution in [3.05, 3.63) is 47.5 Å². The van der Waals surface area contributed by atoms with Gasteiger partial charge < -0.3 is 21.7 Å². The molecule has 0 bridgehead atoms. The Labute approximate surface area is 138 Å². The van der Waals surface area contributed by atoms with Gasteiger partial charge >= 0.3 is 0 Å².